The lowest BCUT2D eigenvalue weighted by Gasteiger charge is -2.09. The molecule has 0 radical (unpaired) electrons. The normalized spacial score (nSPS) is 12.8. The van der Waals surface area contributed by atoms with Crippen molar-refractivity contribution < 1.29 is 4.39 Å². The van der Waals surface area contributed by atoms with Gasteiger partial charge in [0.05, 0.1) is 6.04 Å². The van der Waals surface area contributed by atoms with Crippen molar-refractivity contribution in [2.45, 2.75) is 6.04 Å². The van der Waals surface area contributed by atoms with Crippen LogP contribution in [0.2, 0.25) is 5.02 Å². The van der Waals surface area contributed by atoms with Crippen molar-refractivity contribution in [2.75, 3.05) is 0 Å². The van der Waals surface area contributed by atoms with Crippen LogP contribution < -0.4 is 5.73 Å². The van der Waals surface area contributed by atoms with Crippen LogP contribution in [-0.2, 0) is 0 Å². The molecule has 0 spiro atoms. The molecule has 3 aromatic rings. The van der Waals surface area contributed by atoms with Crippen molar-refractivity contribution >= 4 is 33.0 Å². The topological polar surface area (TPSA) is 26.0 Å². The Morgan fingerprint density at radius 3 is 2.74 bits per heavy atom. The summed E-state index contributed by atoms with van der Waals surface area (Å²) in [6, 6.07) is 14.0. The van der Waals surface area contributed by atoms with Crippen molar-refractivity contribution in [1.29, 1.82) is 0 Å². The first kappa shape index (κ1) is 12.6. The van der Waals surface area contributed by atoms with Gasteiger partial charge in [0, 0.05) is 14.6 Å². The predicted molar refractivity (Wildman–Crippen MR) is 79.3 cm³/mol. The van der Waals surface area contributed by atoms with E-state index in [-0.39, 0.29) is 11.9 Å². The third kappa shape index (κ3) is 2.50. The molecule has 0 saturated heterocycles. The first-order valence-electron chi connectivity index (χ1n) is 5.83. The molecule has 0 aliphatic rings. The summed E-state index contributed by atoms with van der Waals surface area (Å²) in [6.45, 7) is 0. The molecule has 0 saturated carbocycles. The summed E-state index contributed by atoms with van der Waals surface area (Å²) >= 11 is 7.55. The summed E-state index contributed by atoms with van der Waals surface area (Å²) in [5.74, 6) is -0.229. The van der Waals surface area contributed by atoms with E-state index in [1.54, 1.807) is 17.4 Å². The third-order valence-corrected chi connectivity index (χ3v) is 4.45. The van der Waals surface area contributed by atoms with Gasteiger partial charge in [-0.25, -0.2) is 4.39 Å². The largest absolute Gasteiger partial charge is 0.320 e. The molecule has 1 nitrogen and oxygen atoms in total. The van der Waals surface area contributed by atoms with E-state index in [1.165, 1.54) is 12.1 Å². The van der Waals surface area contributed by atoms with Crippen LogP contribution in [0.1, 0.15) is 16.5 Å². The van der Waals surface area contributed by atoms with E-state index in [4.69, 9.17) is 17.3 Å². The van der Waals surface area contributed by atoms with Gasteiger partial charge in [-0.2, -0.15) is 0 Å². The molecular weight excluding hydrogens is 281 g/mol. The maximum absolute atomic E-state index is 13.2. The molecule has 0 fully saturated rings. The van der Waals surface area contributed by atoms with Gasteiger partial charge in [0.15, 0.2) is 0 Å². The van der Waals surface area contributed by atoms with Gasteiger partial charge in [-0.3, -0.25) is 0 Å². The number of nitrogens with two attached hydrogens (primary N) is 1. The first-order chi connectivity index (χ1) is 9.13. The van der Waals surface area contributed by atoms with Crippen LogP contribution >= 0.6 is 22.9 Å². The fourth-order valence-electron chi connectivity index (χ4n) is 2.05. The van der Waals surface area contributed by atoms with Gasteiger partial charge in [-0.05, 0) is 47.3 Å². The van der Waals surface area contributed by atoms with Gasteiger partial charge >= 0.3 is 0 Å². The van der Waals surface area contributed by atoms with Crippen LogP contribution in [0.15, 0.2) is 48.5 Å². The number of thiophene rings is 1. The van der Waals surface area contributed by atoms with Gasteiger partial charge < -0.3 is 5.73 Å². The highest BCUT2D eigenvalue weighted by Gasteiger charge is 2.13. The van der Waals surface area contributed by atoms with Crippen LogP contribution in [0.5, 0.6) is 0 Å². The molecule has 4 heteroatoms. The Balaban J connectivity index is 2.04. The van der Waals surface area contributed by atoms with Gasteiger partial charge in [0.25, 0.3) is 0 Å². The molecule has 1 heterocycles. The minimum Gasteiger partial charge on any atom is -0.320 e. The molecule has 96 valence electrons. The maximum Gasteiger partial charge on any atom is 0.123 e. The van der Waals surface area contributed by atoms with Crippen molar-refractivity contribution in [3.8, 4) is 0 Å². The van der Waals surface area contributed by atoms with Gasteiger partial charge in [-0.15, -0.1) is 11.3 Å². The number of benzene rings is 2. The maximum atomic E-state index is 13.2. The van der Waals surface area contributed by atoms with Crippen molar-refractivity contribution in [1.82, 2.24) is 0 Å². The van der Waals surface area contributed by atoms with E-state index in [9.17, 15) is 4.39 Å². The van der Waals surface area contributed by atoms with Crippen molar-refractivity contribution in [3.05, 3.63) is 69.8 Å². The number of rotatable bonds is 2. The van der Waals surface area contributed by atoms with Crippen LogP contribution in [-0.4, -0.2) is 0 Å². The highest BCUT2D eigenvalue weighted by Crippen LogP contribution is 2.32. The number of hydrogen-bond acceptors (Lipinski definition) is 2. The predicted octanol–water partition coefficient (Wildman–Crippen LogP) is 4.74. The summed E-state index contributed by atoms with van der Waals surface area (Å²) in [5.41, 5.74) is 7.20. The fraction of sp³-hybridized carbons (Fsp3) is 0.0667. The molecule has 19 heavy (non-hydrogen) atoms. The average molecular weight is 292 g/mol. The van der Waals surface area contributed by atoms with Gasteiger partial charge in [0.1, 0.15) is 5.82 Å². The average Bonchev–Trinajstić information content (AvgIpc) is 2.80. The molecule has 2 N–H and O–H groups in total. The minimum atomic E-state index is -0.237. The Labute approximate surface area is 119 Å². The Morgan fingerprint density at radius 1 is 1.11 bits per heavy atom. The summed E-state index contributed by atoms with van der Waals surface area (Å²) in [7, 11) is 0. The minimum absolute atomic E-state index is 0.229. The second-order valence-electron chi connectivity index (χ2n) is 4.36. The second-order valence-corrected chi connectivity index (χ2v) is 5.92. The molecule has 0 bridgehead atoms. The van der Waals surface area contributed by atoms with Crippen molar-refractivity contribution in [2.24, 2.45) is 5.73 Å². The molecular formula is C15H11ClFNS. The van der Waals surface area contributed by atoms with Crippen LogP contribution in [0.4, 0.5) is 4.39 Å². The van der Waals surface area contributed by atoms with Crippen LogP contribution in [0, 0.1) is 5.82 Å². The van der Waals surface area contributed by atoms with E-state index in [0.717, 1.165) is 20.5 Å². The standard InChI is InChI=1S/C15H11ClFNS/c16-11-3-1-2-9(6-11)15(18)14-8-10-7-12(17)4-5-13(10)19-14/h1-8,15H,18H2. The Bertz CT molecular complexity index is 738. The lowest BCUT2D eigenvalue weighted by atomic mass is 10.1. The fourth-order valence-corrected chi connectivity index (χ4v) is 3.33. The summed E-state index contributed by atoms with van der Waals surface area (Å²) in [6.07, 6.45) is 0. The number of hydrogen-bond donors (Lipinski definition) is 1. The SMILES string of the molecule is NC(c1cccc(Cl)c1)c1cc2cc(F)ccc2s1. The van der Waals surface area contributed by atoms with E-state index < -0.39 is 0 Å². The van der Waals surface area contributed by atoms with Crippen LogP contribution in [0.25, 0.3) is 10.1 Å². The monoisotopic (exact) mass is 291 g/mol. The number of fused-ring (bicyclic) bond motifs is 1. The summed E-state index contributed by atoms with van der Waals surface area (Å²) < 4.78 is 14.2. The molecule has 3 rings (SSSR count). The first-order valence-corrected chi connectivity index (χ1v) is 7.03. The Hall–Kier alpha value is -1.42. The zero-order chi connectivity index (χ0) is 13.4. The molecule has 1 unspecified atom stereocenters. The summed E-state index contributed by atoms with van der Waals surface area (Å²) in [4.78, 5) is 1.00. The van der Waals surface area contributed by atoms with Crippen molar-refractivity contribution in [3.63, 3.8) is 0 Å². The zero-order valence-corrected chi connectivity index (χ0v) is 11.5. The molecule has 0 aliphatic carbocycles. The van der Waals surface area contributed by atoms with Gasteiger partial charge in [0.2, 0.25) is 0 Å². The molecule has 1 atom stereocenters. The van der Waals surface area contributed by atoms with E-state index in [2.05, 4.69) is 0 Å². The summed E-state index contributed by atoms with van der Waals surface area (Å²) in [5, 5.41) is 1.55. The van der Waals surface area contributed by atoms with Crippen LogP contribution in [0.3, 0.4) is 0 Å². The molecule has 0 aliphatic heterocycles. The van der Waals surface area contributed by atoms with E-state index in [0.29, 0.717) is 5.02 Å². The molecule has 2 aromatic carbocycles. The molecule has 1 aromatic heterocycles. The third-order valence-electron chi connectivity index (χ3n) is 3.01. The van der Waals surface area contributed by atoms with E-state index >= 15 is 0 Å². The molecule has 0 amide bonds. The number of halogens is 2. The smallest absolute Gasteiger partial charge is 0.123 e. The highest BCUT2D eigenvalue weighted by atomic mass is 35.5. The lowest BCUT2D eigenvalue weighted by Crippen LogP contribution is -2.09. The Kier molecular flexibility index (Phi) is 3.27. The highest BCUT2D eigenvalue weighted by molar-refractivity contribution is 7.19. The zero-order valence-electron chi connectivity index (χ0n) is 9.94. The quantitative estimate of drug-likeness (QED) is 0.725. The van der Waals surface area contributed by atoms with Gasteiger partial charge in [-0.1, -0.05) is 23.7 Å². The Morgan fingerprint density at radius 2 is 1.95 bits per heavy atom. The second kappa shape index (κ2) is 4.93. The lowest BCUT2D eigenvalue weighted by molar-refractivity contribution is 0.630. The van der Waals surface area contributed by atoms with E-state index in [1.807, 2.05) is 30.3 Å².